The fourth-order valence-corrected chi connectivity index (χ4v) is 3.35. The number of carbonyl (C=O) groups excluding carboxylic acids is 3. The normalized spacial score (nSPS) is 10.5. The summed E-state index contributed by atoms with van der Waals surface area (Å²) < 4.78 is 16.1. The van der Waals surface area contributed by atoms with E-state index in [1.165, 1.54) is 26.8 Å². The van der Waals surface area contributed by atoms with Crippen LogP contribution >= 0.6 is 0 Å². The van der Waals surface area contributed by atoms with Crippen LogP contribution in [0.5, 0.6) is 17.2 Å². The molecule has 0 aliphatic carbocycles. The minimum Gasteiger partial charge on any atom is -0.423 e. The molecule has 3 aromatic rings. The van der Waals surface area contributed by atoms with Gasteiger partial charge in [0.15, 0.2) is 11.5 Å². The molecule has 0 aliphatic heterocycles. The number of benzene rings is 3. The predicted octanol–water partition coefficient (Wildman–Crippen LogP) is 4.64. The van der Waals surface area contributed by atoms with E-state index in [0.717, 1.165) is 11.1 Å². The molecule has 0 unspecified atom stereocenters. The van der Waals surface area contributed by atoms with Gasteiger partial charge in [0.1, 0.15) is 0 Å². The first-order valence-electron chi connectivity index (χ1n) is 9.69. The van der Waals surface area contributed by atoms with E-state index in [-0.39, 0.29) is 23.2 Å². The van der Waals surface area contributed by atoms with E-state index in [9.17, 15) is 14.4 Å². The number of hydrogen-bond acceptors (Lipinski definition) is 6. The van der Waals surface area contributed by atoms with Gasteiger partial charge in [-0.25, -0.2) is 0 Å². The van der Waals surface area contributed by atoms with Crippen LogP contribution in [0.2, 0.25) is 0 Å². The van der Waals surface area contributed by atoms with E-state index in [1.54, 1.807) is 6.07 Å². The van der Waals surface area contributed by atoms with Crippen molar-refractivity contribution < 1.29 is 28.6 Å². The Morgan fingerprint density at radius 1 is 0.581 bits per heavy atom. The van der Waals surface area contributed by atoms with E-state index in [1.807, 2.05) is 60.7 Å². The van der Waals surface area contributed by atoms with Crippen molar-refractivity contribution in [2.45, 2.75) is 26.7 Å². The number of ether oxygens (including phenoxy) is 3. The lowest BCUT2D eigenvalue weighted by molar-refractivity contribution is -0.135. The lowest BCUT2D eigenvalue weighted by Crippen LogP contribution is -2.14. The monoisotopic (exact) mass is 418 g/mol. The van der Waals surface area contributed by atoms with Crippen LogP contribution in [-0.2, 0) is 14.4 Å². The topological polar surface area (TPSA) is 78.9 Å². The molecule has 31 heavy (non-hydrogen) atoms. The molecule has 0 aromatic heterocycles. The van der Waals surface area contributed by atoms with Gasteiger partial charge in [0.25, 0.3) is 0 Å². The van der Waals surface area contributed by atoms with Crippen molar-refractivity contribution in [3.8, 4) is 17.2 Å². The summed E-state index contributed by atoms with van der Waals surface area (Å²) in [6.45, 7) is 3.70. The molecule has 0 spiro atoms. The van der Waals surface area contributed by atoms with Gasteiger partial charge < -0.3 is 14.2 Å². The summed E-state index contributed by atoms with van der Waals surface area (Å²) in [5.41, 5.74) is 2.46. The second-order valence-electron chi connectivity index (χ2n) is 6.85. The van der Waals surface area contributed by atoms with Gasteiger partial charge in [0, 0.05) is 32.3 Å². The molecule has 0 saturated carbocycles. The van der Waals surface area contributed by atoms with Crippen LogP contribution in [0.1, 0.15) is 43.4 Å². The standard InChI is InChI=1S/C25H22O6/c1-16(26)29-22-15-14-21(24(30-17(2)27)25(22)31-18(3)28)23(19-10-6-4-7-11-19)20-12-8-5-9-13-20/h4-15,23H,1-3H3. The highest BCUT2D eigenvalue weighted by molar-refractivity contribution is 5.79. The third-order valence-electron chi connectivity index (χ3n) is 4.43. The Hall–Kier alpha value is -3.93. The van der Waals surface area contributed by atoms with Crippen molar-refractivity contribution in [3.05, 3.63) is 89.5 Å². The maximum atomic E-state index is 12.0. The molecule has 3 aromatic carbocycles. The summed E-state index contributed by atoms with van der Waals surface area (Å²) in [6, 6.07) is 22.5. The van der Waals surface area contributed by atoms with Crippen LogP contribution in [0.3, 0.4) is 0 Å². The zero-order valence-electron chi connectivity index (χ0n) is 17.5. The van der Waals surface area contributed by atoms with Gasteiger partial charge in [-0.15, -0.1) is 0 Å². The smallest absolute Gasteiger partial charge is 0.308 e. The fraction of sp³-hybridized carbons (Fsp3) is 0.160. The predicted molar refractivity (Wildman–Crippen MR) is 114 cm³/mol. The second-order valence-corrected chi connectivity index (χ2v) is 6.85. The molecule has 0 aliphatic rings. The van der Waals surface area contributed by atoms with Gasteiger partial charge in [-0.1, -0.05) is 66.7 Å². The first kappa shape index (κ1) is 21.8. The molecule has 6 nitrogen and oxygen atoms in total. The highest BCUT2D eigenvalue weighted by Crippen LogP contribution is 2.46. The maximum absolute atomic E-state index is 12.0. The number of esters is 3. The Labute approximate surface area is 180 Å². The first-order chi connectivity index (χ1) is 14.9. The molecule has 0 amide bonds. The molecule has 0 radical (unpaired) electrons. The second kappa shape index (κ2) is 9.71. The van der Waals surface area contributed by atoms with Crippen molar-refractivity contribution in [1.82, 2.24) is 0 Å². The SMILES string of the molecule is CC(=O)Oc1ccc(C(c2ccccc2)c2ccccc2)c(OC(C)=O)c1OC(C)=O. The average Bonchev–Trinajstić information content (AvgIpc) is 2.72. The Balaban J connectivity index is 2.31. The number of carbonyl (C=O) groups is 3. The largest absolute Gasteiger partial charge is 0.423 e. The Morgan fingerprint density at radius 3 is 1.48 bits per heavy atom. The highest BCUT2D eigenvalue weighted by atomic mass is 16.6. The molecule has 0 fully saturated rings. The Kier molecular flexibility index (Phi) is 6.82. The summed E-state index contributed by atoms with van der Waals surface area (Å²) in [6.07, 6.45) is 0. The minimum atomic E-state index is -0.644. The van der Waals surface area contributed by atoms with E-state index in [4.69, 9.17) is 14.2 Å². The van der Waals surface area contributed by atoms with Crippen LogP contribution in [0, 0.1) is 0 Å². The van der Waals surface area contributed by atoms with Crippen LogP contribution in [0.25, 0.3) is 0 Å². The van der Waals surface area contributed by atoms with Gasteiger partial charge in [0.05, 0.1) is 0 Å². The summed E-state index contributed by atoms with van der Waals surface area (Å²) in [4.78, 5) is 35.3. The molecule has 158 valence electrons. The molecule has 6 heteroatoms. The third kappa shape index (κ3) is 5.36. The quantitative estimate of drug-likeness (QED) is 0.330. The van der Waals surface area contributed by atoms with Crippen LogP contribution in [0.15, 0.2) is 72.8 Å². The van der Waals surface area contributed by atoms with E-state index >= 15 is 0 Å². The molecule has 0 atom stereocenters. The van der Waals surface area contributed by atoms with Gasteiger partial charge in [-0.2, -0.15) is 0 Å². The van der Waals surface area contributed by atoms with Crippen molar-refractivity contribution in [3.63, 3.8) is 0 Å². The summed E-state index contributed by atoms with van der Waals surface area (Å²) >= 11 is 0. The van der Waals surface area contributed by atoms with Crippen LogP contribution in [-0.4, -0.2) is 17.9 Å². The minimum absolute atomic E-state index is 0.0115. The molecule has 0 heterocycles. The Morgan fingerprint density at radius 2 is 1.03 bits per heavy atom. The molecule has 0 bridgehead atoms. The fourth-order valence-electron chi connectivity index (χ4n) is 3.35. The summed E-state index contributed by atoms with van der Waals surface area (Å²) in [5, 5.41) is 0. The number of hydrogen-bond donors (Lipinski definition) is 0. The summed E-state index contributed by atoms with van der Waals surface area (Å²) in [7, 11) is 0. The van der Waals surface area contributed by atoms with Gasteiger partial charge in [-0.3, -0.25) is 14.4 Å². The molecular formula is C25H22O6. The summed E-state index contributed by atoms with van der Waals surface area (Å²) in [5.74, 6) is -2.28. The zero-order chi connectivity index (χ0) is 22.4. The zero-order valence-corrected chi connectivity index (χ0v) is 17.5. The van der Waals surface area contributed by atoms with E-state index in [2.05, 4.69) is 0 Å². The van der Waals surface area contributed by atoms with E-state index in [0.29, 0.717) is 5.56 Å². The lowest BCUT2D eigenvalue weighted by atomic mass is 9.84. The van der Waals surface area contributed by atoms with Crippen molar-refractivity contribution in [2.24, 2.45) is 0 Å². The van der Waals surface area contributed by atoms with Gasteiger partial charge in [0.2, 0.25) is 5.75 Å². The maximum Gasteiger partial charge on any atom is 0.308 e. The average molecular weight is 418 g/mol. The van der Waals surface area contributed by atoms with Crippen LogP contribution in [0.4, 0.5) is 0 Å². The molecular weight excluding hydrogens is 396 g/mol. The number of rotatable bonds is 6. The van der Waals surface area contributed by atoms with Gasteiger partial charge >= 0.3 is 17.9 Å². The first-order valence-corrected chi connectivity index (χ1v) is 9.69. The molecule has 3 rings (SSSR count). The van der Waals surface area contributed by atoms with Crippen molar-refractivity contribution in [1.29, 1.82) is 0 Å². The van der Waals surface area contributed by atoms with Crippen molar-refractivity contribution in [2.75, 3.05) is 0 Å². The van der Waals surface area contributed by atoms with Crippen LogP contribution < -0.4 is 14.2 Å². The van der Waals surface area contributed by atoms with Gasteiger partial charge in [-0.05, 0) is 17.2 Å². The van der Waals surface area contributed by atoms with E-state index < -0.39 is 17.9 Å². The molecule has 0 N–H and O–H groups in total. The third-order valence-corrected chi connectivity index (χ3v) is 4.43. The van der Waals surface area contributed by atoms with Crippen molar-refractivity contribution >= 4 is 17.9 Å². The Bertz CT molecular complexity index is 1050. The lowest BCUT2D eigenvalue weighted by Gasteiger charge is -2.23. The highest BCUT2D eigenvalue weighted by Gasteiger charge is 2.28. The molecule has 0 saturated heterocycles.